The van der Waals surface area contributed by atoms with Gasteiger partial charge >= 0.3 is 0 Å². The minimum Gasteiger partial charge on any atom is -0.494 e. The lowest BCUT2D eigenvalue weighted by atomic mass is 10.1. The molecule has 0 spiro atoms. The Kier molecular flexibility index (Phi) is 6.42. The Morgan fingerprint density at radius 2 is 1.65 bits per heavy atom. The van der Waals surface area contributed by atoms with Crippen LogP contribution in [0.5, 0.6) is 5.75 Å². The highest BCUT2D eigenvalue weighted by Gasteiger charge is 2.05. The van der Waals surface area contributed by atoms with Crippen molar-refractivity contribution in [2.75, 3.05) is 6.61 Å². The summed E-state index contributed by atoms with van der Waals surface area (Å²) in [6.07, 6.45) is 7.53. The van der Waals surface area contributed by atoms with E-state index in [1.54, 1.807) is 6.07 Å². The van der Waals surface area contributed by atoms with E-state index in [2.05, 4.69) is 16.9 Å². The number of nitrogens with zero attached hydrogens (tertiary/aromatic N) is 1. The third-order valence-electron chi connectivity index (χ3n) is 4.51. The second kappa shape index (κ2) is 9.18. The van der Waals surface area contributed by atoms with Gasteiger partial charge in [0.25, 0.3) is 5.56 Å². The molecule has 0 aliphatic carbocycles. The first-order valence-corrected chi connectivity index (χ1v) is 9.50. The summed E-state index contributed by atoms with van der Waals surface area (Å²) in [5.41, 5.74) is 1.46. The Balaban J connectivity index is 1.59. The number of aromatic nitrogens is 2. The Labute approximate surface area is 154 Å². The maximum absolute atomic E-state index is 12.2. The molecule has 0 unspecified atom stereocenters. The zero-order valence-corrected chi connectivity index (χ0v) is 15.3. The summed E-state index contributed by atoms with van der Waals surface area (Å²) in [7, 11) is 0. The predicted molar refractivity (Wildman–Crippen MR) is 107 cm³/mol. The summed E-state index contributed by atoms with van der Waals surface area (Å²) in [6, 6.07) is 15.1. The van der Waals surface area contributed by atoms with Crippen LogP contribution in [0.4, 0.5) is 0 Å². The first-order valence-electron chi connectivity index (χ1n) is 9.50. The summed E-state index contributed by atoms with van der Waals surface area (Å²) in [5, 5.41) is 0.607. The number of hydrogen-bond acceptors (Lipinski definition) is 3. The van der Waals surface area contributed by atoms with Gasteiger partial charge in [-0.1, -0.05) is 51.2 Å². The average molecular weight is 350 g/mol. The van der Waals surface area contributed by atoms with Gasteiger partial charge in [0.05, 0.1) is 17.5 Å². The molecule has 0 atom stereocenters. The molecule has 0 aliphatic rings. The van der Waals surface area contributed by atoms with Gasteiger partial charge in [-0.15, -0.1) is 0 Å². The van der Waals surface area contributed by atoms with Crippen molar-refractivity contribution in [3.63, 3.8) is 0 Å². The monoisotopic (exact) mass is 350 g/mol. The van der Waals surface area contributed by atoms with Crippen LogP contribution >= 0.6 is 0 Å². The van der Waals surface area contributed by atoms with Gasteiger partial charge in [0.1, 0.15) is 11.6 Å². The van der Waals surface area contributed by atoms with Crippen LogP contribution < -0.4 is 10.3 Å². The summed E-state index contributed by atoms with van der Waals surface area (Å²) in [4.78, 5) is 19.6. The number of hydrogen-bond donors (Lipinski definition) is 1. The Morgan fingerprint density at radius 3 is 2.46 bits per heavy atom. The zero-order chi connectivity index (χ0) is 18.2. The van der Waals surface area contributed by atoms with Gasteiger partial charge in [0, 0.05) is 5.56 Å². The molecule has 2 aromatic carbocycles. The number of H-pyrrole nitrogens is 1. The van der Waals surface area contributed by atoms with E-state index in [9.17, 15) is 4.79 Å². The van der Waals surface area contributed by atoms with E-state index in [1.165, 1.54) is 32.1 Å². The molecule has 1 N–H and O–H groups in total. The Bertz CT molecular complexity index is 885. The summed E-state index contributed by atoms with van der Waals surface area (Å²) in [5.74, 6) is 1.43. The summed E-state index contributed by atoms with van der Waals surface area (Å²) >= 11 is 0. The highest BCUT2D eigenvalue weighted by atomic mass is 16.5. The van der Waals surface area contributed by atoms with E-state index in [-0.39, 0.29) is 5.56 Å². The molecule has 0 aliphatic heterocycles. The van der Waals surface area contributed by atoms with Gasteiger partial charge in [0.15, 0.2) is 0 Å². The number of aromatic amines is 1. The van der Waals surface area contributed by atoms with Gasteiger partial charge in [0.2, 0.25) is 0 Å². The molecule has 4 nitrogen and oxygen atoms in total. The van der Waals surface area contributed by atoms with Crippen LogP contribution in [-0.4, -0.2) is 16.6 Å². The maximum Gasteiger partial charge on any atom is 0.259 e. The fourth-order valence-electron chi connectivity index (χ4n) is 3.00. The van der Waals surface area contributed by atoms with Crippen LogP contribution in [0, 0.1) is 0 Å². The SMILES string of the molecule is CCCCCCCCOc1ccc(-c2nc3ccccc3c(=O)[nH]2)cc1. The fraction of sp³-hybridized carbons (Fsp3) is 0.364. The van der Waals surface area contributed by atoms with Crippen molar-refractivity contribution < 1.29 is 4.74 Å². The highest BCUT2D eigenvalue weighted by molar-refractivity contribution is 5.79. The van der Waals surface area contributed by atoms with Crippen molar-refractivity contribution in [1.82, 2.24) is 9.97 Å². The highest BCUT2D eigenvalue weighted by Crippen LogP contribution is 2.20. The number of para-hydroxylation sites is 1. The molecule has 0 saturated heterocycles. The Morgan fingerprint density at radius 1 is 0.923 bits per heavy atom. The zero-order valence-electron chi connectivity index (χ0n) is 15.3. The Hall–Kier alpha value is -2.62. The fourth-order valence-corrected chi connectivity index (χ4v) is 3.00. The van der Waals surface area contributed by atoms with Crippen molar-refractivity contribution in [3.8, 4) is 17.1 Å². The quantitative estimate of drug-likeness (QED) is 0.531. The standard InChI is InChI=1S/C22H26N2O2/c1-2-3-4-5-6-9-16-26-18-14-12-17(13-15-18)21-23-20-11-8-7-10-19(20)22(25)24-21/h7-8,10-15H,2-6,9,16H2,1H3,(H,23,24,25). The van der Waals surface area contributed by atoms with Gasteiger partial charge in [-0.3, -0.25) is 4.79 Å². The van der Waals surface area contributed by atoms with E-state index >= 15 is 0 Å². The second-order valence-corrected chi connectivity index (χ2v) is 6.57. The first-order chi connectivity index (χ1) is 12.8. The van der Waals surface area contributed by atoms with Gasteiger partial charge in [-0.2, -0.15) is 0 Å². The molecule has 1 aromatic heterocycles. The third kappa shape index (κ3) is 4.72. The molecule has 0 fully saturated rings. The van der Waals surface area contributed by atoms with Crippen LogP contribution in [0.3, 0.4) is 0 Å². The summed E-state index contributed by atoms with van der Waals surface area (Å²) < 4.78 is 5.81. The van der Waals surface area contributed by atoms with Crippen molar-refractivity contribution in [1.29, 1.82) is 0 Å². The van der Waals surface area contributed by atoms with Crippen LogP contribution in [0.15, 0.2) is 53.3 Å². The number of ether oxygens (including phenoxy) is 1. The second-order valence-electron chi connectivity index (χ2n) is 6.57. The van der Waals surface area contributed by atoms with Crippen LogP contribution in [0.25, 0.3) is 22.3 Å². The number of rotatable bonds is 9. The molecule has 0 radical (unpaired) electrons. The van der Waals surface area contributed by atoms with E-state index in [4.69, 9.17) is 4.74 Å². The van der Waals surface area contributed by atoms with Crippen molar-refractivity contribution in [2.45, 2.75) is 45.4 Å². The molecule has 26 heavy (non-hydrogen) atoms. The lowest BCUT2D eigenvalue weighted by molar-refractivity contribution is 0.304. The third-order valence-corrected chi connectivity index (χ3v) is 4.51. The van der Waals surface area contributed by atoms with Gasteiger partial charge < -0.3 is 9.72 Å². The first kappa shape index (κ1) is 18.2. The van der Waals surface area contributed by atoms with Crippen LogP contribution in [-0.2, 0) is 0 Å². The average Bonchev–Trinajstić information content (AvgIpc) is 2.68. The maximum atomic E-state index is 12.2. The molecule has 0 amide bonds. The minimum atomic E-state index is -0.117. The van der Waals surface area contributed by atoms with Crippen molar-refractivity contribution in [2.24, 2.45) is 0 Å². The molecule has 0 bridgehead atoms. The number of nitrogens with one attached hydrogen (secondary N) is 1. The lowest BCUT2D eigenvalue weighted by Gasteiger charge is -2.07. The van der Waals surface area contributed by atoms with Crippen molar-refractivity contribution in [3.05, 3.63) is 58.9 Å². The van der Waals surface area contributed by atoms with E-state index in [1.807, 2.05) is 42.5 Å². The molecule has 4 heteroatoms. The molecule has 136 valence electrons. The molecular weight excluding hydrogens is 324 g/mol. The molecule has 0 saturated carbocycles. The molecular formula is C22H26N2O2. The van der Waals surface area contributed by atoms with E-state index < -0.39 is 0 Å². The number of unbranched alkanes of at least 4 members (excludes halogenated alkanes) is 5. The van der Waals surface area contributed by atoms with Gasteiger partial charge in [-0.25, -0.2) is 4.98 Å². The topological polar surface area (TPSA) is 55.0 Å². The minimum absolute atomic E-state index is 0.117. The smallest absolute Gasteiger partial charge is 0.259 e. The van der Waals surface area contributed by atoms with Crippen LogP contribution in [0.1, 0.15) is 45.4 Å². The van der Waals surface area contributed by atoms with E-state index in [0.29, 0.717) is 16.7 Å². The number of benzene rings is 2. The molecule has 1 heterocycles. The molecule has 3 rings (SSSR count). The molecule has 3 aromatic rings. The predicted octanol–water partition coefficient (Wildman–Crippen LogP) is 5.33. The largest absolute Gasteiger partial charge is 0.494 e. The van der Waals surface area contributed by atoms with Crippen molar-refractivity contribution >= 4 is 10.9 Å². The number of fused-ring (bicyclic) bond motifs is 1. The van der Waals surface area contributed by atoms with Gasteiger partial charge in [-0.05, 0) is 42.8 Å². The van der Waals surface area contributed by atoms with E-state index in [0.717, 1.165) is 24.3 Å². The lowest BCUT2D eigenvalue weighted by Crippen LogP contribution is -2.09. The summed E-state index contributed by atoms with van der Waals surface area (Å²) in [6.45, 7) is 2.98. The van der Waals surface area contributed by atoms with Crippen LogP contribution in [0.2, 0.25) is 0 Å². The normalized spacial score (nSPS) is 11.0.